The summed E-state index contributed by atoms with van der Waals surface area (Å²) in [4.78, 5) is 2.41. The van der Waals surface area contributed by atoms with Gasteiger partial charge < -0.3 is 9.30 Å². The van der Waals surface area contributed by atoms with Crippen molar-refractivity contribution in [2.45, 2.75) is 19.3 Å². The van der Waals surface area contributed by atoms with Crippen LogP contribution in [0, 0.1) is 0 Å². The van der Waals surface area contributed by atoms with E-state index in [0.29, 0.717) is 0 Å². The number of hydrogen-bond donors (Lipinski definition) is 0. The Labute approximate surface area is 331 Å². The summed E-state index contributed by atoms with van der Waals surface area (Å²) in [6.45, 7) is 4.71. The average molecular weight is 727 g/mol. The molecule has 2 nitrogen and oxygen atoms in total. The molecule has 0 fully saturated rings. The highest BCUT2D eigenvalue weighted by molar-refractivity contribution is 6.28. The summed E-state index contributed by atoms with van der Waals surface area (Å²) in [6, 6.07) is 71.8. The zero-order chi connectivity index (χ0) is 37.8. The van der Waals surface area contributed by atoms with Gasteiger partial charge in [0.15, 0.2) is 0 Å². The van der Waals surface area contributed by atoms with Crippen molar-refractivity contribution in [1.82, 2.24) is 4.40 Å². The maximum Gasteiger partial charge on any atom is 0.0625 e. The molecular formula is C55H38N2. The van der Waals surface area contributed by atoms with Crippen molar-refractivity contribution in [3.05, 3.63) is 205 Å². The lowest BCUT2D eigenvalue weighted by Crippen LogP contribution is -2.16. The van der Waals surface area contributed by atoms with Crippen molar-refractivity contribution >= 4 is 65.9 Å². The lowest BCUT2D eigenvalue weighted by molar-refractivity contribution is 0.660. The summed E-state index contributed by atoms with van der Waals surface area (Å²) in [5, 5.41) is 7.80. The van der Waals surface area contributed by atoms with E-state index in [1.165, 1.54) is 93.4 Å². The Bertz CT molecular complexity index is 3340. The summed E-state index contributed by atoms with van der Waals surface area (Å²) < 4.78 is 2.49. The smallest absolute Gasteiger partial charge is 0.0625 e. The van der Waals surface area contributed by atoms with Crippen LogP contribution in [0.25, 0.3) is 82.2 Å². The molecule has 0 aliphatic heterocycles. The molecule has 1 aliphatic carbocycles. The lowest BCUT2D eigenvalue weighted by atomic mass is 9.82. The normalized spacial score (nSPS) is 13.2. The fourth-order valence-corrected chi connectivity index (χ4v) is 9.94. The third-order valence-electron chi connectivity index (χ3n) is 12.7. The second-order valence-corrected chi connectivity index (χ2v) is 16.1. The SMILES string of the molecule is CC1(C)c2ccccc2-c2ccc(N(c3ccc(-c4ccccc4)cc3)c3ccc(-c4ccc5c(c4)c4ccc6cccc7c8ccccc8n5c4c67)cc3)cc21. The summed E-state index contributed by atoms with van der Waals surface area (Å²) >= 11 is 0. The number of aromatic nitrogens is 1. The number of benzene rings is 9. The minimum Gasteiger partial charge on any atom is -0.310 e. The number of rotatable bonds is 5. The monoisotopic (exact) mass is 726 g/mol. The third kappa shape index (κ3) is 4.65. The topological polar surface area (TPSA) is 7.65 Å². The van der Waals surface area contributed by atoms with Crippen LogP contribution in [-0.4, -0.2) is 4.40 Å². The van der Waals surface area contributed by atoms with Crippen molar-refractivity contribution in [1.29, 1.82) is 0 Å². The van der Waals surface area contributed by atoms with Gasteiger partial charge in [0.1, 0.15) is 0 Å². The molecule has 0 amide bonds. The molecule has 0 radical (unpaired) electrons. The van der Waals surface area contributed by atoms with Crippen LogP contribution in [0.2, 0.25) is 0 Å². The summed E-state index contributed by atoms with van der Waals surface area (Å²) in [6.07, 6.45) is 0. The molecule has 0 saturated heterocycles. The molecule has 2 heteroatoms. The first-order chi connectivity index (χ1) is 28.0. The highest BCUT2D eigenvalue weighted by atomic mass is 15.1. The van der Waals surface area contributed by atoms with E-state index in [1.807, 2.05) is 0 Å². The first-order valence-corrected chi connectivity index (χ1v) is 19.9. The molecule has 0 bridgehead atoms. The molecule has 11 aromatic rings. The molecule has 268 valence electrons. The summed E-state index contributed by atoms with van der Waals surface area (Å²) in [7, 11) is 0. The zero-order valence-corrected chi connectivity index (χ0v) is 31.9. The van der Waals surface area contributed by atoms with E-state index in [1.54, 1.807) is 0 Å². The molecule has 0 N–H and O–H groups in total. The van der Waals surface area contributed by atoms with Crippen molar-refractivity contribution in [3.63, 3.8) is 0 Å². The lowest BCUT2D eigenvalue weighted by Gasteiger charge is -2.28. The molecular weight excluding hydrogens is 689 g/mol. The number of para-hydroxylation sites is 1. The molecule has 2 heterocycles. The standard InChI is InChI=1S/C55H38N2/c1-55(2)49-17-8-6-14-43(49)44-31-29-42(34-50(44)55)56(40-25-19-36(20-26-40)35-11-4-3-5-12-35)41-27-21-37(22-28-41)39-24-32-52-48(33-39)47-30-23-38-13-10-16-46-45-15-7-9-18-51(45)57(52)54(47)53(38)46/h3-34H,1-2H3. The second-order valence-electron chi connectivity index (χ2n) is 16.1. The van der Waals surface area contributed by atoms with Crippen LogP contribution in [-0.2, 0) is 5.41 Å². The zero-order valence-electron chi connectivity index (χ0n) is 31.9. The molecule has 0 atom stereocenters. The number of nitrogens with zero attached hydrogens (tertiary/aromatic N) is 2. The molecule has 1 aliphatic rings. The molecule has 9 aromatic carbocycles. The Balaban J connectivity index is 0.987. The predicted octanol–water partition coefficient (Wildman–Crippen LogP) is 15.1. The molecule has 57 heavy (non-hydrogen) atoms. The van der Waals surface area contributed by atoms with Gasteiger partial charge in [-0.25, -0.2) is 0 Å². The van der Waals surface area contributed by atoms with Crippen LogP contribution in [0.1, 0.15) is 25.0 Å². The van der Waals surface area contributed by atoms with Gasteiger partial charge in [-0.1, -0.05) is 153 Å². The molecule has 0 saturated carbocycles. The minimum atomic E-state index is -0.0914. The van der Waals surface area contributed by atoms with Gasteiger partial charge in [-0.15, -0.1) is 0 Å². The second kappa shape index (κ2) is 11.9. The summed E-state index contributed by atoms with van der Waals surface area (Å²) in [5.74, 6) is 0. The van der Waals surface area contributed by atoms with Gasteiger partial charge in [0.05, 0.1) is 16.6 Å². The Hall–Kier alpha value is -7.16. The average Bonchev–Trinajstić information content (AvgIpc) is 3.72. The Morgan fingerprint density at radius 3 is 1.81 bits per heavy atom. The fraction of sp³-hybridized carbons (Fsp3) is 0.0545. The molecule has 0 spiro atoms. The molecule has 12 rings (SSSR count). The van der Waals surface area contributed by atoms with Crippen LogP contribution in [0.15, 0.2) is 194 Å². The highest BCUT2D eigenvalue weighted by Gasteiger charge is 2.35. The van der Waals surface area contributed by atoms with Crippen molar-refractivity contribution in [3.8, 4) is 33.4 Å². The minimum absolute atomic E-state index is 0.0914. The van der Waals surface area contributed by atoms with Gasteiger partial charge in [0, 0.05) is 44.0 Å². The van der Waals surface area contributed by atoms with E-state index in [0.717, 1.165) is 17.1 Å². The number of anilines is 3. The van der Waals surface area contributed by atoms with Gasteiger partial charge in [-0.05, 0) is 110 Å². The van der Waals surface area contributed by atoms with E-state index >= 15 is 0 Å². The Kier molecular flexibility index (Phi) is 6.72. The van der Waals surface area contributed by atoms with Crippen LogP contribution in [0.5, 0.6) is 0 Å². The maximum atomic E-state index is 2.49. The van der Waals surface area contributed by atoms with E-state index < -0.39 is 0 Å². The van der Waals surface area contributed by atoms with Gasteiger partial charge in [-0.3, -0.25) is 0 Å². The third-order valence-corrected chi connectivity index (χ3v) is 12.7. The van der Waals surface area contributed by atoms with Crippen LogP contribution < -0.4 is 4.90 Å². The van der Waals surface area contributed by atoms with Crippen LogP contribution in [0.3, 0.4) is 0 Å². The van der Waals surface area contributed by atoms with Gasteiger partial charge in [0.25, 0.3) is 0 Å². The number of pyridine rings is 1. The Morgan fingerprint density at radius 2 is 1.00 bits per heavy atom. The fourth-order valence-electron chi connectivity index (χ4n) is 9.94. The summed E-state index contributed by atoms with van der Waals surface area (Å²) in [5.41, 5.74) is 17.4. The molecule has 0 unspecified atom stereocenters. The Morgan fingerprint density at radius 1 is 0.386 bits per heavy atom. The van der Waals surface area contributed by atoms with Crippen molar-refractivity contribution in [2.75, 3.05) is 4.90 Å². The van der Waals surface area contributed by atoms with Gasteiger partial charge in [-0.2, -0.15) is 0 Å². The molecule has 2 aromatic heterocycles. The van der Waals surface area contributed by atoms with E-state index in [-0.39, 0.29) is 5.41 Å². The van der Waals surface area contributed by atoms with E-state index in [9.17, 15) is 0 Å². The van der Waals surface area contributed by atoms with Crippen molar-refractivity contribution in [2.24, 2.45) is 0 Å². The van der Waals surface area contributed by atoms with Gasteiger partial charge in [0.2, 0.25) is 0 Å². The number of fused-ring (bicyclic) bond motifs is 9. The van der Waals surface area contributed by atoms with Crippen LogP contribution in [0.4, 0.5) is 17.1 Å². The first-order valence-electron chi connectivity index (χ1n) is 19.9. The predicted molar refractivity (Wildman–Crippen MR) is 242 cm³/mol. The van der Waals surface area contributed by atoms with Crippen molar-refractivity contribution < 1.29 is 0 Å². The van der Waals surface area contributed by atoms with E-state index in [2.05, 4.69) is 217 Å². The first kappa shape index (κ1) is 32.1. The highest BCUT2D eigenvalue weighted by Crippen LogP contribution is 2.51. The van der Waals surface area contributed by atoms with E-state index in [4.69, 9.17) is 0 Å². The van der Waals surface area contributed by atoms with Crippen LogP contribution >= 0.6 is 0 Å². The quantitative estimate of drug-likeness (QED) is 0.127. The van der Waals surface area contributed by atoms with Gasteiger partial charge >= 0.3 is 0 Å². The maximum absolute atomic E-state index is 2.49. The largest absolute Gasteiger partial charge is 0.310 e. The number of hydrogen-bond acceptors (Lipinski definition) is 1.